The highest BCUT2D eigenvalue weighted by atomic mass is 16.5. The second-order valence-corrected chi connectivity index (χ2v) is 2.59. The van der Waals surface area contributed by atoms with Gasteiger partial charge in [0.2, 0.25) is 0 Å². The molecule has 0 saturated heterocycles. The highest BCUT2D eigenvalue weighted by Gasteiger charge is 2.14. The van der Waals surface area contributed by atoms with Crippen molar-refractivity contribution in [2.75, 3.05) is 6.61 Å². The van der Waals surface area contributed by atoms with E-state index in [1.54, 1.807) is 13.8 Å². The third-order valence-electron chi connectivity index (χ3n) is 1.48. The van der Waals surface area contributed by atoms with Crippen molar-refractivity contribution in [1.82, 2.24) is 0 Å². The summed E-state index contributed by atoms with van der Waals surface area (Å²) in [6.45, 7) is 3.74. The molecule has 0 aromatic rings. The zero-order valence-electron chi connectivity index (χ0n) is 7.37. The predicted octanol–water partition coefficient (Wildman–Crippen LogP) is 1.05. The number of ether oxygens (including phenoxy) is 1. The maximum absolute atomic E-state index is 10.9. The van der Waals surface area contributed by atoms with Crippen molar-refractivity contribution in [2.24, 2.45) is 5.92 Å². The van der Waals surface area contributed by atoms with Crippen molar-refractivity contribution in [1.29, 1.82) is 0 Å². The van der Waals surface area contributed by atoms with Gasteiger partial charge in [0, 0.05) is 6.42 Å². The van der Waals surface area contributed by atoms with E-state index in [0.29, 0.717) is 13.0 Å². The van der Waals surface area contributed by atoms with E-state index in [-0.39, 0.29) is 18.3 Å². The first-order valence-electron chi connectivity index (χ1n) is 3.96. The number of carbonyl (C=O) groups excluding carboxylic acids is 1. The van der Waals surface area contributed by atoms with Crippen molar-refractivity contribution in [3.05, 3.63) is 0 Å². The molecule has 12 heavy (non-hydrogen) atoms. The van der Waals surface area contributed by atoms with Gasteiger partial charge in [-0.05, 0) is 13.3 Å². The number of carbonyl (C=O) groups is 2. The van der Waals surface area contributed by atoms with Crippen molar-refractivity contribution < 1.29 is 19.4 Å². The molecular formula is C8H14O4. The molecule has 0 fully saturated rings. The van der Waals surface area contributed by atoms with Crippen LogP contribution in [0.15, 0.2) is 0 Å². The van der Waals surface area contributed by atoms with Gasteiger partial charge in [-0.15, -0.1) is 0 Å². The summed E-state index contributed by atoms with van der Waals surface area (Å²) in [4.78, 5) is 21.1. The Labute approximate surface area is 71.5 Å². The molecule has 4 heteroatoms. The number of rotatable bonds is 5. The lowest BCUT2D eigenvalue weighted by Gasteiger charge is -2.07. The van der Waals surface area contributed by atoms with E-state index in [0.717, 1.165) is 0 Å². The Morgan fingerprint density at radius 3 is 2.50 bits per heavy atom. The van der Waals surface area contributed by atoms with E-state index in [4.69, 9.17) is 9.84 Å². The molecule has 0 aliphatic heterocycles. The maximum atomic E-state index is 10.9. The lowest BCUT2D eigenvalue weighted by atomic mass is 10.1. The second-order valence-electron chi connectivity index (χ2n) is 2.59. The van der Waals surface area contributed by atoms with Crippen molar-refractivity contribution in [2.45, 2.75) is 26.7 Å². The number of aliphatic carboxylic acids is 1. The van der Waals surface area contributed by atoms with E-state index >= 15 is 0 Å². The van der Waals surface area contributed by atoms with Gasteiger partial charge in [0.25, 0.3) is 0 Å². The summed E-state index contributed by atoms with van der Waals surface area (Å²) in [5.41, 5.74) is 0. The van der Waals surface area contributed by atoms with Crippen LogP contribution in [-0.4, -0.2) is 23.7 Å². The molecule has 0 saturated carbocycles. The molecule has 1 atom stereocenters. The van der Waals surface area contributed by atoms with Crippen LogP contribution < -0.4 is 0 Å². The van der Waals surface area contributed by atoms with Crippen molar-refractivity contribution >= 4 is 11.9 Å². The summed E-state index contributed by atoms with van der Waals surface area (Å²) < 4.78 is 4.70. The SMILES string of the molecule is CCOC(=O)[C@@H](C)CCC(=O)O. The lowest BCUT2D eigenvalue weighted by molar-refractivity contribution is -0.148. The fraction of sp³-hybridized carbons (Fsp3) is 0.750. The van der Waals surface area contributed by atoms with E-state index in [9.17, 15) is 9.59 Å². The first-order valence-corrected chi connectivity index (χ1v) is 3.96. The third kappa shape index (κ3) is 4.71. The van der Waals surface area contributed by atoms with Crippen LogP contribution in [-0.2, 0) is 14.3 Å². The highest BCUT2D eigenvalue weighted by molar-refractivity contribution is 5.73. The number of hydrogen-bond acceptors (Lipinski definition) is 3. The highest BCUT2D eigenvalue weighted by Crippen LogP contribution is 2.07. The second kappa shape index (κ2) is 5.57. The molecule has 0 aliphatic rings. The first kappa shape index (κ1) is 10.9. The van der Waals surface area contributed by atoms with Crippen LogP contribution in [0.5, 0.6) is 0 Å². The average Bonchev–Trinajstić information content (AvgIpc) is 2.00. The Morgan fingerprint density at radius 2 is 2.08 bits per heavy atom. The van der Waals surface area contributed by atoms with Gasteiger partial charge in [-0.25, -0.2) is 0 Å². The fourth-order valence-corrected chi connectivity index (χ4v) is 0.742. The fourth-order valence-electron chi connectivity index (χ4n) is 0.742. The Kier molecular flexibility index (Phi) is 5.08. The van der Waals surface area contributed by atoms with Gasteiger partial charge >= 0.3 is 11.9 Å². The number of carboxylic acids is 1. The Hall–Kier alpha value is -1.06. The van der Waals surface area contributed by atoms with Crippen LogP contribution in [0.4, 0.5) is 0 Å². The molecule has 0 unspecified atom stereocenters. The largest absolute Gasteiger partial charge is 0.481 e. The van der Waals surface area contributed by atoms with E-state index < -0.39 is 5.97 Å². The quantitative estimate of drug-likeness (QED) is 0.633. The minimum atomic E-state index is -0.883. The van der Waals surface area contributed by atoms with Gasteiger partial charge in [0.05, 0.1) is 12.5 Å². The zero-order chi connectivity index (χ0) is 9.56. The van der Waals surface area contributed by atoms with Crippen LogP contribution in [0.25, 0.3) is 0 Å². The minimum Gasteiger partial charge on any atom is -0.481 e. The average molecular weight is 174 g/mol. The minimum absolute atomic E-state index is 0.0139. The van der Waals surface area contributed by atoms with Gasteiger partial charge in [0.15, 0.2) is 0 Å². The molecule has 0 aliphatic carbocycles. The van der Waals surface area contributed by atoms with Crippen molar-refractivity contribution in [3.63, 3.8) is 0 Å². The molecule has 0 aromatic heterocycles. The molecule has 0 heterocycles. The van der Waals surface area contributed by atoms with Crippen LogP contribution in [0.2, 0.25) is 0 Å². The normalized spacial score (nSPS) is 12.2. The summed E-state index contributed by atoms with van der Waals surface area (Å²) in [7, 11) is 0. The topological polar surface area (TPSA) is 63.6 Å². The summed E-state index contributed by atoms with van der Waals surface area (Å²) in [6, 6.07) is 0. The third-order valence-corrected chi connectivity index (χ3v) is 1.48. The molecule has 0 bridgehead atoms. The smallest absolute Gasteiger partial charge is 0.308 e. The molecule has 0 rings (SSSR count). The van der Waals surface area contributed by atoms with E-state index in [2.05, 4.69) is 0 Å². The van der Waals surface area contributed by atoms with Gasteiger partial charge < -0.3 is 9.84 Å². The molecule has 4 nitrogen and oxygen atoms in total. The molecule has 0 aromatic carbocycles. The Balaban J connectivity index is 3.63. The summed E-state index contributed by atoms with van der Waals surface area (Å²) in [5, 5.41) is 8.32. The van der Waals surface area contributed by atoms with Crippen molar-refractivity contribution in [3.8, 4) is 0 Å². The summed E-state index contributed by atoms with van der Waals surface area (Å²) in [6.07, 6.45) is 0.355. The lowest BCUT2D eigenvalue weighted by Crippen LogP contribution is -2.15. The predicted molar refractivity (Wildman–Crippen MR) is 42.7 cm³/mol. The van der Waals surface area contributed by atoms with Gasteiger partial charge in [0.1, 0.15) is 0 Å². The molecule has 0 spiro atoms. The van der Waals surface area contributed by atoms with Crippen LogP contribution >= 0.6 is 0 Å². The number of esters is 1. The van der Waals surface area contributed by atoms with Gasteiger partial charge in [-0.1, -0.05) is 6.92 Å². The molecular weight excluding hydrogens is 160 g/mol. The zero-order valence-corrected chi connectivity index (χ0v) is 7.37. The van der Waals surface area contributed by atoms with E-state index in [1.165, 1.54) is 0 Å². The van der Waals surface area contributed by atoms with E-state index in [1.807, 2.05) is 0 Å². The number of carboxylic acid groups (broad SMARTS) is 1. The van der Waals surface area contributed by atoms with Crippen LogP contribution in [0.3, 0.4) is 0 Å². The maximum Gasteiger partial charge on any atom is 0.308 e. The Bertz CT molecular complexity index is 164. The molecule has 1 N–H and O–H groups in total. The Morgan fingerprint density at radius 1 is 1.50 bits per heavy atom. The monoisotopic (exact) mass is 174 g/mol. The summed E-state index contributed by atoms with van der Waals surface area (Å²) >= 11 is 0. The number of hydrogen-bond donors (Lipinski definition) is 1. The summed E-state index contributed by atoms with van der Waals surface area (Å²) in [5.74, 6) is -1.52. The van der Waals surface area contributed by atoms with Gasteiger partial charge in [-0.3, -0.25) is 9.59 Å². The standard InChI is InChI=1S/C8H14O4/c1-3-12-8(11)6(2)4-5-7(9)10/h6H,3-5H2,1-2H3,(H,9,10)/t6-/m0/s1. The van der Waals surface area contributed by atoms with Gasteiger partial charge in [-0.2, -0.15) is 0 Å². The molecule has 70 valence electrons. The van der Waals surface area contributed by atoms with Crippen LogP contribution in [0, 0.1) is 5.92 Å². The molecule has 0 amide bonds. The first-order chi connectivity index (χ1) is 5.57. The van der Waals surface area contributed by atoms with Crippen LogP contribution in [0.1, 0.15) is 26.7 Å². The molecule has 0 radical (unpaired) electrons.